The number of ether oxygens (including phenoxy) is 1. The highest BCUT2D eigenvalue weighted by atomic mass is 16.5. The number of rotatable bonds is 4. The Hall–Kier alpha value is -1.90. The normalized spacial score (nSPS) is 24.8. The number of nitriles is 1. The van der Waals surface area contributed by atoms with Crippen molar-refractivity contribution in [3.63, 3.8) is 0 Å². The Morgan fingerprint density at radius 1 is 1.24 bits per heavy atom. The number of piperidine rings is 1. The molecule has 5 nitrogen and oxygen atoms in total. The van der Waals surface area contributed by atoms with Crippen LogP contribution in [0, 0.1) is 17.2 Å². The highest BCUT2D eigenvalue weighted by Crippen LogP contribution is 2.35. The van der Waals surface area contributed by atoms with Crippen LogP contribution in [0.15, 0.2) is 24.3 Å². The van der Waals surface area contributed by atoms with Crippen molar-refractivity contribution in [1.82, 2.24) is 9.80 Å². The Labute approximate surface area is 150 Å². The van der Waals surface area contributed by atoms with Gasteiger partial charge in [-0.05, 0) is 56.9 Å². The maximum Gasteiger partial charge on any atom is 0.253 e. The first-order chi connectivity index (χ1) is 12.0. The number of nitrogens with zero attached hydrogens (tertiary/aromatic N) is 3. The summed E-state index contributed by atoms with van der Waals surface area (Å²) in [6, 6.07) is 10.0. The molecule has 0 aliphatic carbocycles. The van der Waals surface area contributed by atoms with Crippen molar-refractivity contribution < 1.29 is 9.53 Å². The Bertz CT molecular complexity index is 642. The molecule has 0 spiro atoms. The van der Waals surface area contributed by atoms with E-state index in [4.69, 9.17) is 10.00 Å². The molecule has 0 N–H and O–H groups in total. The standard InChI is InChI=1S/C20H27N3O2/c1-14(2)23-13-18(25-3)19(23)16-8-10-22(11-9-16)20(24)17-6-4-15(12-21)5-7-17/h4-7,14,16,18-19H,8-11,13H2,1-3H3/t18-,19-/m0/s1. The summed E-state index contributed by atoms with van der Waals surface area (Å²) >= 11 is 0. The number of hydrogen-bond acceptors (Lipinski definition) is 4. The van der Waals surface area contributed by atoms with E-state index in [1.54, 1.807) is 31.4 Å². The highest BCUT2D eigenvalue weighted by Gasteiger charge is 2.45. The number of likely N-dealkylation sites (tertiary alicyclic amines) is 2. The van der Waals surface area contributed by atoms with Crippen LogP contribution in [-0.4, -0.2) is 60.6 Å². The van der Waals surface area contributed by atoms with Gasteiger partial charge in [-0.2, -0.15) is 5.26 Å². The smallest absolute Gasteiger partial charge is 0.253 e. The molecule has 0 unspecified atom stereocenters. The van der Waals surface area contributed by atoms with Crippen molar-refractivity contribution in [3.8, 4) is 6.07 Å². The minimum Gasteiger partial charge on any atom is -0.378 e. The van der Waals surface area contributed by atoms with Crippen LogP contribution in [0.1, 0.15) is 42.6 Å². The molecule has 2 saturated heterocycles. The molecule has 1 amide bonds. The summed E-state index contributed by atoms with van der Waals surface area (Å²) < 4.78 is 5.65. The van der Waals surface area contributed by atoms with Gasteiger partial charge in [0.05, 0.1) is 17.7 Å². The van der Waals surface area contributed by atoms with E-state index in [2.05, 4.69) is 24.8 Å². The molecule has 134 valence electrons. The fraction of sp³-hybridized carbons (Fsp3) is 0.600. The van der Waals surface area contributed by atoms with Crippen LogP contribution in [0.2, 0.25) is 0 Å². The summed E-state index contributed by atoms with van der Waals surface area (Å²) in [5, 5.41) is 8.87. The lowest BCUT2D eigenvalue weighted by atomic mass is 9.79. The number of carbonyl (C=O) groups is 1. The lowest BCUT2D eigenvalue weighted by Crippen LogP contribution is -2.66. The highest BCUT2D eigenvalue weighted by molar-refractivity contribution is 5.94. The van der Waals surface area contributed by atoms with Gasteiger partial charge in [-0.15, -0.1) is 0 Å². The quantitative estimate of drug-likeness (QED) is 0.844. The second kappa shape index (κ2) is 7.55. The van der Waals surface area contributed by atoms with Crippen molar-refractivity contribution in [2.24, 2.45) is 5.92 Å². The fourth-order valence-electron chi connectivity index (χ4n) is 4.17. The molecule has 2 aliphatic rings. The topological polar surface area (TPSA) is 56.6 Å². The van der Waals surface area contributed by atoms with E-state index in [1.165, 1.54) is 0 Å². The third-order valence-electron chi connectivity index (χ3n) is 5.69. The van der Waals surface area contributed by atoms with Crippen molar-refractivity contribution >= 4 is 5.91 Å². The SMILES string of the molecule is CO[C@H]1CN(C(C)C)[C@H]1C1CCN(C(=O)c2ccc(C#N)cc2)CC1. The largest absolute Gasteiger partial charge is 0.378 e. The zero-order valence-corrected chi connectivity index (χ0v) is 15.3. The van der Waals surface area contributed by atoms with E-state index in [0.29, 0.717) is 35.2 Å². The average molecular weight is 341 g/mol. The Morgan fingerprint density at radius 3 is 2.40 bits per heavy atom. The number of carbonyl (C=O) groups excluding carboxylic acids is 1. The van der Waals surface area contributed by atoms with E-state index in [0.717, 1.165) is 32.5 Å². The predicted molar refractivity (Wildman–Crippen MR) is 96.2 cm³/mol. The molecular weight excluding hydrogens is 314 g/mol. The van der Waals surface area contributed by atoms with Gasteiger partial charge in [0.15, 0.2) is 0 Å². The molecule has 2 fully saturated rings. The van der Waals surface area contributed by atoms with Crippen LogP contribution in [0.3, 0.4) is 0 Å². The van der Waals surface area contributed by atoms with Gasteiger partial charge in [-0.1, -0.05) is 0 Å². The average Bonchev–Trinajstić information content (AvgIpc) is 2.61. The van der Waals surface area contributed by atoms with Gasteiger partial charge in [0.1, 0.15) is 0 Å². The van der Waals surface area contributed by atoms with E-state index < -0.39 is 0 Å². The van der Waals surface area contributed by atoms with Crippen LogP contribution in [0.25, 0.3) is 0 Å². The first-order valence-corrected chi connectivity index (χ1v) is 9.13. The molecule has 0 saturated carbocycles. The molecule has 2 heterocycles. The van der Waals surface area contributed by atoms with Gasteiger partial charge in [0.25, 0.3) is 5.91 Å². The minimum absolute atomic E-state index is 0.0700. The summed E-state index contributed by atoms with van der Waals surface area (Å²) in [5.74, 6) is 0.659. The lowest BCUT2D eigenvalue weighted by molar-refractivity contribution is -0.128. The molecule has 0 bridgehead atoms. The van der Waals surface area contributed by atoms with Gasteiger partial charge < -0.3 is 9.64 Å². The summed E-state index contributed by atoms with van der Waals surface area (Å²) in [4.78, 5) is 17.1. The van der Waals surface area contributed by atoms with Gasteiger partial charge in [-0.25, -0.2) is 0 Å². The molecule has 5 heteroatoms. The van der Waals surface area contributed by atoms with Crippen LogP contribution in [0.5, 0.6) is 0 Å². The third-order valence-corrected chi connectivity index (χ3v) is 5.69. The first-order valence-electron chi connectivity index (χ1n) is 9.13. The molecule has 3 rings (SSSR count). The zero-order chi connectivity index (χ0) is 18.0. The Kier molecular flexibility index (Phi) is 5.41. The number of amides is 1. The van der Waals surface area contributed by atoms with Crippen molar-refractivity contribution in [2.45, 2.75) is 44.9 Å². The molecule has 1 aromatic carbocycles. The summed E-state index contributed by atoms with van der Waals surface area (Å²) in [6.45, 7) is 7.08. The van der Waals surface area contributed by atoms with E-state index in [-0.39, 0.29) is 5.91 Å². The monoisotopic (exact) mass is 341 g/mol. The van der Waals surface area contributed by atoms with E-state index in [9.17, 15) is 4.79 Å². The summed E-state index contributed by atoms with van der Waals surface area (Å²) in [7, 11) is 1.80. The molecule has 1 aromatic rings. The predicted octanol–water partition coefficient (Wildman–Crippen LogP) is 2.52. The van der Waals surface area contributed by atoms with Crippen LogP contribution in [0.4, 0.5) is 0 Å². The van der Waals surface area contributed by atoms with Crippen molar-refractivity contribution in [1.29, 1.82) is 5.26 Å². The lowest BCUT2D eigenvalue weighted by Gasteiger charge is -2.54. The second-order valence-corrected chi connectivity index (χ2v) is 7.37. The van der Waals surface area contributed by atoms with Crippen LogP contribution < -0.4 is 0 Å². The summed E-state index contributed by atoms with van der Waals surface area (Å²) in [5.41, 5.74) is 1.25. The number of methoxy groups -OCH3 is 1. The molecule has 0 aromatic heterocycles. The van der Waals surface area contributed by atoms with Crippen molar-refractivity contribution in [3.05, 3.63) is 35.4 Å². The zero-order valence-electron chi connectivity index (χ0n) is 15.3. The molecule has 2 atom stereocenters. The number of hydrogen-bond donors (Lipinski definition) is 0. The van der Waals surface area contributed by atoms with E-state index >= 15 is 0 Å². The molecule has 2 aliphatic heterocycles. The maximum atomic E-state index is 12.7. The van der Waals surface area contributed by atoms with Gasteiger partial charge in [0.2, 0.25) is 0 Å². The molecule has 25 heavy (non-hydrogen) atoms. The Morgan fingerprint density at radius 2 is 1.88 bits per heavy atom. The van der Waals surface area contributed by atoms with Gasteiger partial charge in [0, 0.05) is 44.4 Å². The molecule has 0 radical (unpaired) electrons. The van der Waals surface area contributed by atoms with Gasteiger partial charge in [-0.3, -0.25) is 9.69 Å². The Balaban J connectivity index is 1.59. The van der Waals surface area contributed by atoms with Crippen molar-refractivity contribution in [2.75, 3.05) is 26.7 Å². The second-order valence-electron chi connectivity index (χ2n) is 7.37. The van der Waals surface area contributed by atoms with Crippen LogP contribution in [-0.2, 0) is 4.74 Å². The molecular formula is C20H27N3O2. The number of benzene rings is 1. The van der Waals surface area contributed by atoms with Crippen LogP contribution >= 0.6 is 0 Å². The fourth-order valence-corrected chi connectivity index (χ4v) is 4.17. The van der Waals surface area contributed by atoms with E-state index in [1.807, 2.05) is 4.90 Å². The summed E-state index contributed by atoms with van der Waals surface area (Å²) in [6.07, 6.45) is 2.37. The first kappa shape index (κ1) is 17.9. The third kappa shape index (κ3) is 3.56. The minimum atomic E-state index is 0.0700. The maximum absolute atomic E-state index is 12.7. The van der Waals surface area contributed by atoms with Gasteiger partial charge >= 0.3 is 0 Å².